The number of carbonyl (C=O) groups excluding carboxylic acids is 1. The quantitative estimate of drug-likeness (QED) is 0.572. The molecule has 0 radical (unpaired) electrons. The van der Waals surface area contributed by atoms with E-state index >= 15 is 0 Å². The Labute approximate surface area is 100 Å². The Balaban J connectivity index is 1.98. The average Bonchev–Trinajstić information content (AvgIpc) is 2.15. The van der Waals surface area contributed by atoms with Gasteiger partial charge in [-0.15, -0.1) is 0 Å². The molecule has 1 saturated carbocycles. The summed E-state index contributed by atoms with van der Waals surface area (Å²) in [6.07, 6.45) is 4.19. The van der Waals surface area contributed by atoms with Gasteiger partial charge in [0.1, 0.15) is 0 Å². The highest BCUT2D eigenvalue weighted by Gasteiger charge is 2.30. The molecule has 1 aliphatic rings. The van der Waals surface area contributed by atoms with E-state index in [9.17, 15) is 4.79 Å². The van der Waals surface area contributed by atoms with Crippen molar-refractivity contribution in [2.45, 2.75) is 38.7 Å². The fraction of sp³-hybridized carbons (Fsp3) is 0.909. The van der Waals surface area contributed by atoms with Crippen LogP contribution in [0.25, 0.3) is 0 Å². The van der Waals surface area contributed by atoms with Gasteiger partial charge in [-0.1, -0.05) is 15.9 Å². The third-order valence-corrected chi connectivity index (χ3v) is 3.26. The van der Waals surface area contributed by atoms with E-state index in [1.165, 1.54) is 0 Å². The molecule has 0 saturated heterocycles. The van der Waals surface area contributed by atoms with Gasteiger partial charge >= 0.3 is 0 Å². The Morgan fingerprint density at radius 1 is 1.53 bits per heavy atom. The molecule has 0 aromatic carbocycles. The van der Waals surface area contributed by atoms with Crippen molar-refractivity contribution >= 4 is 21.8 Å². The van der Waals surface area contributed by atoms with E-state index in [4.69, 9.17) is 4.74 Å². The van der Waals surface area contributed by atoms with Crippen LogP contribution in [-0.2, 0) is 9.53 Å². The molecule has 0 unspecified atom stereocenters. The third-order valence-electron chi connectivity index (χ3n) is 2.70. The Morgan fingerprint density at radius 2 is 2.27 bits per heavy atom. The highest BCUT2D eigenvalue weighted by molar-refractivity contribution is 9.09. The number of hydrogen-bond donors (Lipinski definition) is 1. The van der Waals surface area contributed by atoms with Crippen molar-refractivity contribution in [2.24, 2.45) is 5.92 Å². The van der Waals surface area contributed by atoms with Crippen LogP contribution in [0.15, 0.2) is 0 Å². The lowest BCUT2D eigenvalue weighted by Crippen LogP contribution is -2.36. The van der Waals surface area contributed by atoms with Gasteiger partial charge in [-0.3, -0.25) is 4.79 Å². The highest BCUT2D eigenvalue weighted by Crippen LogP contribution is 2.32. The number of halogens is 1. The summed E-state index contributed by atoms with van der Waals surface area (Å²) >= 11 is 3.33. The molecule has 0 spiro atoms. The number of rotatable bonds is 7. The summed E-state index contributed by atoms with van der Waals surface area (Å²) in [5, 5.41) is 3.87. The molecule has 1 amide bonds. The van der Waals surface area contributed by atoms with Crippen molar-refractivity contribution in [1.29, 1.82) is 0 Å². The van der Waals surface area contributed by atoms with E-state index in [2.05, 4.69) is 21.2 Å². The van der Waals surface area contributed by atoms with Gasteiger partial charge in [-0.2, -0.15) is 0 Å². The Bertz CT molecular complexity index is 193. The second kappa shape index (κ2) is 7.23. The Hall–Kier alpha value is -0.0900. The van der Waals surface area contributed by atoms with E-state index in [-0.39, 0.29) is 5.91 Å². The molecule has 1 rings (SSSR count). The van der Waals surface area contributed by atoms with Crippen molar-refractivity contribution in [1.82, 2.24) is 5.32 Å². The lowest BCUT2D eigenvalue weighted by molar-refractivity contribution is -0.124. The first-order valence-electron chi connectivity index (χ1n) is 5.70. The van der Waals surface area contributed by atoms with Crippen LogP contribution >= 0.6 is 15.9 Å². The first kappa shape index (κ1) is 13.0. The normalized spacial score (nSPS) is 24.7. The monoisotopic (exact) mass is 277 g/mol. The number of amides is 1. The topological polar surface area (TPSA) is 38.3 Å². The zero-order valence-corrected chi connectivity index (χ0v) is 10.9. The standard InChI is InChI=1S/C11H20BrNO2/c1-2-15-10-6-9(7-10)8-11(14)13-5-3-4-12/h9-10H,2-8H2,1H3,(H,13,14). The maximum Gasteiger partial charge on any atom is 0.220 e. The second-order valence-electron chi connectivity index (χ2n) is 4.01. The van der Waals surface area contributed by atoms with Crippen molar-refractivity contribution in [3.8, 4) is 0 Å². The van der Waals surface area contributed by atoms with E-state index in [0.29, 0.717) is 18.4 Å². The van der Waals surface area contributed by atoms with Crippen LogP contribution in [0.4, 0.5) is 0 Å². The van der Waals surface area contributed by atoms with Crippen LogP contribution in [-0.4, -0.2) is 30.5 Å². The number of carbonyl (C=O) groups is 1. The van der Waals surface area contributed by atoms with Gasteiger partial charge in [0.2, 0.25) is 5.91 Å². The predicted octanol–water partition coefficient (Wildman–Crippen LogP) is 2.09. The maximum absolute atomic E-state index is 11.4. The molecule has 0 aliphatic heterocycles. The third kappa shape index (κ3) is 4.98. The van der Waals surface area contributed by atoms with Crippen LogP contribution in [0.2, 0.25) is 0 Å². The molecule has 15 heavy (non-hydrogen) atoms. The molecule has 0 atom stereocenters. The van der Waals surface area contributed by atoms with Gasteiger partial charge in [-0.05, 0) is 32.1 Å². The smallest absolute Gasteiger partial charge is 0.220 e. The predicted molar refractivity (Wildman–Crippen MR) is 64.2 cm³/mol. The largest absolute Gasteiger partial charge is 0.378 e. The van der Waals surface area contributed by atoms with Crippen molar-refractivity contribution in [3.05, 3.63) is 0 Å². The summed E-state index contributed by atoms with van der Waals surface area (Å²) < 4.78 is 5.45. The Kier molecular flexibility index (Phi) is 6.25. The first-order chi connectivity index (χ1) is 7.26. The van der Waals surface area contributed by atoms with Gasteiger partial charge in [0.15, 0.2) is 0 Å². The van der Waals surface area contributed by atoms with Crippen molar-refractivity contribution in [3.63, 3.8) is 0 Å². The van der Waals surface area contributed by atoms with E-state index in [1.54, 1.807) is 0 Å². The molecule has 3 nitrogen and oxygen atoms in total. The number of alkyl halides is 1. The second-order valence-corrected chi connectivity index (χ2v) is 4.80. The summed E-state index contributed by atoms with van der Waals surface area (Å²) in [4.78, 5) is 11.4. The maximum atomic E-state index is 11.4. The molecule has 0 aromatic rings. The molecule has 0 bridgehead atoms. The zero-order chi connectivity index (χ0) is 11.1. The highest BCUT2D eigenvalue weighted by atomic mass is 79.9. The van der Waals surface area contributed by atoms with Gasteiger partial charge in [0, 0.05) is 24.9 Å². The minimum absolute atomic E-state index is 0.191. The lowest BCUT2D eigenvalue weighted by Gasteiger charge is -2.34. The van der Waals surface area contributed by atoms with E-state index in [1.807, 2.05) is 6.92 Å². The summed E-state index contributed by atoms with van der Waals surface area (Å²) in [5.41, 5.74) is 0. The Morgan fingerprint density at radius 3 is 2.87 bits per heavy atom. The molecule has 88 valence electrons. The van der Waals surface area contributed by atoms with Crippen LogP contribution in [0, 0.1) is 5.92 Å². The number of nitrogens with one attached hydrogen (secondary N) is 1. The van der Waals surface area contributed by atoms with Crippen LogP contribution in [0.5, 0.6) is 0 Å². The van der Waals surface area contributed by atoms with Gasteiger partial charge in [0.05, 0.1) is 6.10 Å². The first-order valence-corrected chi connectivity index (χ1v) is 6.82. The molecule has 1 aliphatic carbocycles. The number of hydrogen-bond acceptors (Lipinski definition) is 2. The van der Waals surface area contributed by atoms with Gasteiger partial charge < -0.3 is 10.1 Å². The lowest BCUT2D eigenvalue weighted by atomic mass is 9.80. The van der Waals surface area contributed by atoms with Crippen molar-refractivity contribution in [2.75, 3.05) is 18.5 Å². The fourth-order valence-corrected chi connectivity index (χ4v) is 2.12. The summed E-state index contributed by atoms with van der Waals surface area (Å²) in [6, 6.07) is 0. The van der Waals surface area contributed by atoms with E-state index < -0.39 is 0 Å². The average molecular weight is 278 g/mol. The summed E-state index contributed by atoms with van der Waals surface area (Å²) in [5.74, 6) is 0.737. The molecule has 0 heterocycles. The molecular weight excluding hydrogens is 258 g/mol. The number of ether oxygens (including phenoxy) is 1. The van der Waals surface area contributed by atoms with Crippen LogP contribution in [0.3, 0.4) is 0 Å². The molecule has 1 fully saturated rings. The minimum Gasteiger partial charge on any atom is -0.378 e. The van der Waals surface area contributed by atoms with Crippen LogP contribution in [0.1, 0.15) is 32.6 Å². The van der Waals surface area contributed by atoms with Gasteiger partial charge in [0.25, 0.3) is 0 Å². The molecule has 1 N–H and O–H groups in total. The van der Waals surface area contributed by atoms with Crippen molar-refractivity contribution < 1.29 is 9.53 Å². The fourth-order valence-electron chi connectivity index (χ4n) is 1.84. The SMILES string of the molecule is CCOC1CC(CC(=O)NCCCBr)C1. The molecule has 4 heteroatoms. The minimum atomic E-state index is 0.191. The summed E-state index contributed by atoms with van der Waals surface area (Å²) in [7, 11) is 0. The molecular formula is C11H20BrNO2. The van der Waals surface area contributed by atoms with Gasteiger partial charge in [-0.25, -0.2) is 0 Å². The summed E-state index contributed by atoms with van der Waals surface area (Å²) in [6.45, 7) is 3.58. The van der Waals surface area contributed by atoms with E-state index in [0.717, 1.165) is 37.7 Å². The van der Waals surface area contributed by atoms with Crippen LogP contribution < -0.4 is 5.32 Å². The zero-order valence-electron chi connectivity index (χ0n) is 9.30. The molecule has 0 aromatic heterocycles.